The smallest absolute Gasteiger partial charge is 0.189 e. The van der Waals surface area contributed by atoms with Gasteiger partial charge in [-0.2, -0.15) is 0 Å². The van der Waals surface area contributed by atoms with Crippen LogP contribution in [0.3, 0.4) is 0 Å². The molecule has 0 radical (unpaired) electrons. The second-order valence-electron chi connectivity index (χ2n) is 4.27. The fourth-order valence-corrected chi connectivity index (χ4v) is 2.52. The van der Waals surface area contributed by atoms with Crippen LogP contribution in [0, 0.1) is 0 Å². The first-order chi connectivity index (χ1) is 9.20. The summed E-state index contributed by atoms with van der Waals surface area (Å²) in [4.78, 5) is 4.31. The van der Waals surface area contributed by atoms with E-state index < -0.39 is 0 Å². The van der Waals surface area contributed by atoms with Gasteiger partial charge in [0.15, 0.2) is 5.96 Å². The molecule has 0 saturated heterocycles. The van der Waals surface area contributed by atoms with Crippen LogP contribution in [-0.4, -0.2) is 32.8 Å². The van der Waals surface area contributed by atoms with Crippen molar-refractivity contribution < 1.29 is 9.47 Å². The molecule has 0 spiro atoms. The Morgan fingerprint density at radius 3 is 3.21 bits per heavy atom. The number of halogens is 1. The summed E-state index contributed by atoms with van der Waals surface area (Å²) in [7, 11) is 1.65. The van der Waals surface area contributed by atoms with Gasteiger partial charge in [0.2, 0.25) is 0 Å². The molecule has 0 amide bonds. The van der Waals surface area contributed by atoms with Gasteiger partial charge in [-0.15, -0.1) is 0 Å². The van der Waals surface area contributed by atoms with Crippen LogP contribution in [0.15, 0.2) is 21.6 Å². The monoisotopic (exact) mass is 327 g/mol. The summed E-state index contributed by atoms with van der Waals surface area (Å²) in [5, 5.41) is 2.99. The maximum absolute atomic E-state index is 5.78. The molecule has 1 aromatic rings. The first kappa shape index (κ1) is 14.1. The summed E-state index contributed by atoms with van der Waals surface area (Å²) in [6.45, 7) is 2.50. The van der Waals surface area contributed by atoms with Crippen LogP contribution in [-0.2, 0) is 17.7 Å². The number of guanidine groups is 1. The van der Waals surface area contributed by atoms with Gasteiger partial charge in [0.05, 0.1) is 19.8 Å². The Balaban J connectivity index is 2.01. The van der Waals surface area contributed by atoms with Crippen molar-refractivity contribution in [2.24, 2.45) is 10.7 Å². The molecule has 1 aliphatic heterocycles. The van der Waals surface area contributed by atoms with Gasteiger partial charge in [-0.25, -0.2) is 4.99 Å². The number of nitrogens with one attached hydrogen (secondary N) is 1. The van der Waals surface area contributed by atoms with Gasteiger partial charge in [-0.05, 0) is 17.7 Å². The molecule has 0 atom stereocenters. The van der Waals surface area contributed by atoms with Crippen LogP contribution in [0.25, 0.3) is 0 Å². The lowest BCUT2D eigenvalue weighted by atomic mass is 10.1. The van der Waals surface area contributed by atoms with E-state index in [1.807, 2.05) is 6.07 Å². The highest BCUT2D eigenvalue weighted by Crippen LogP contribution is 2.33. The predicted octanol–water partition coefficient (Wildman–Crippen LogP) is 1.43. The molecule has 0 saturated carbocycles. The predicted molar refractivity (Wildman–Crippen MR) is 78.5 cm³/mol. The van der Waals surface area contributed by atoms with Gasteiger partial charge in [0.1, 0.15) is 5.75 Å². The maximum atomic E-state index is 5.78. The molecule has 0 fully saturated rings. The fraction of sp³-hybridized carbons (Fsp3) is 0.462. The minimum Gasteiger partial charge on any atom is -0.493 e. The van der Waals surface area contributed by atoms with Gasteiger partial charge in [0, 0.05) is 30.1 Å². The van der Waals surface area contributed by atoms with E-state index in [-0.39, 0.29) is 0 Å². The van der Waals surface area contributed by atoms with E-state index in [1.165, 1.54) is 5.56 Å². The van der Waals surface area contributed by atoms with Crippen molar-refractivity contribution in [2.45, 2.75) is 13.0 Å². The zero-order chi connectivity index (χ0) is 13.7. The average Bonchev–Trinajstić information content (AvgIpc) is 2.84. The minimum atomic E-state index is 0.420. The fourth-order valence-electron chi connectivity index (χ4n) is 1.97. The summed E-state index contributed by atoms with van der Waals surface area (Å²) in [5.74, 6) is 1.38. The quantitative estimate of drug-likeness (QED) is 0.487. The van der Waals surface area contributed by atoms with Crippen LogP contribution in [0.5, 0.6) is 5.75 Å². The zero-order valence-corrected chi connectivity index (χ0v) is 12.5. The van der Waals surface area contributed by atoms with Crippen molar-refractivity contribution in [3.05, 3.63) is 27.7 Å². The Kier molecular flexibility index (Phi) is 5.04. The molecule has 0 unspecified atom stereocenters. The molecular formula is C13H18BrN3O2. The third-order valence-electron chi connectivity index (χ3n) is 2.86. The maximum Gasteiger partial charge on any atom is 0.189 e. The SMILES string of the molecule is COCCNC(N)=NCc1cc(Br)cc2c1OCC2. The molecular weight excluding hydrogens is 310 g/mol. The number of fused-ring (bicyclic) bond motifs is 1. The van der Waals surface area contributed by atoms with Crippen molar-refractivity contribution in [3.8, 4) is 5.75 Å². The molecule has 0 aliphatic carbocycles. The van der Waals surface area contributed by atoms with E-state index >= 15 is 0 Å². The molecule has 0 bridgehead atoms. The summed E-state index contributed by atoms with van der Waals surface area (Å²) < 4.78 is 11.6. The second-order valence-corrected chi connectivity index (χ2v) is 5.19. The molecule has 1 heterocycles. The Morgan fingerprint density at radius 1 is 1.58 bits per heavy atom. The average molecular weight is 328 g/mol. The number of ether oxygens (including phenoxy) is 2. The first-order valence-electron chi connectivity index (χ1n) is 6.17. The Bertz CT molecular complexity index is 477. The number of benzene rings is 1. The zero-order valence-electron chi connectivity index (χ0n) is 10.9. The number of hydrogen-bond acceptors (Lipinski definition) is 3. The molecule has 19 heavy (non-hydrogen) atoms. The lowest BCUT2D eigenvalue weighted by Gasteiger charge is -2.08. The van der Waals surface area contributed by atoms with Crippen molar-refractivity contribution in [2.75, 3.05) is 26.9 Å². The molecule has 3 N–H and O–H groups in total. The first-order valence-corrected chi connectivity index (χ1v) is 6.97. The molecule has 5 nitrogen and oxygen atoms in total. The van der Waals surface area contributed by atoms with Crippen molar-refractivity contribution in [3.63, 3.8) is 0 Å². The summed E-state index contributed by atoms with van der Waals surface area (Å²) in [6.07, 6.45) is 0.951. The minimum absolute atomic E-state index is 0.420. The number of nitrogens with zero attached hydrogens (tertiary/aromatic N) is 1. The van der Waals surface area contributed by atoms with Crippen molar-refractivity contribution in [1.82, 2.24) is 5.32 Å². The van der Waals surface area contributed by atoms with Gasteiger partial charge < -0.3 is 20.5 Å². The lowest BCUT2D eigenvalue weighted by Crippen LogP contribution is -2.34. The van der Waals surface area contributed by atoms with E-state index in [2.05, 4.69) is 32.3 Å². The van der Waals surface area contributed by atoms with Gasteiger partial charge in [0.25, 0.3) is 0 Å². The molecule has 1 aromatic carbocycles. The highest BCUT2D eigenvalue weighted by molar-refractivity contribution is 9.10. The standard InChI is InChI=1S/C13H18BrN3O2/c1-18-5-3-16-13(15)17-8-10-7-11(14)6-9-2-4-19-12(9)10/h6-7H,2-5,8H2,1H3,(H3,15,16,17). The van der Waals surface area contributed by atoms with Crippen LogP contribution < -0.4 is 15.8 Å². The molecule has 1 aliphatic rings. The summed E-state index contributed by atoms with van der Waals surface area (Å²) in [5.41, 5.74) is 8.06. The van der Waals surface area contributed by atoms with Gasteiger partial charge >= 0.3 is 0 Å². The molecule has 2 rings (SSSR count). The highest BCUT2D eigenvalue weighted by Gasteiger charge is 2.17. The number of aliphatic imine (C=N–C) groups is 1. The van der Waals surface area contributed by atoms with E-state index in [1.54, 1.807) is 7.11 Å². The molecule has 104 valence electrons. The van der Waals surface area contributed by atoms with Gasteiger partial charge in [-0.1, -0.05) is 15.9 Å². The number of hydrogen-bond donors (Lipinski definition) is 2. The molecule has 0 aromatic heterocycles. The normalized spacial score (nSPS) is 14.1. The van der Waals surface area contributed by atoms with E-state index in [9.17, 15) is 0 Å². The van der Waals surface area contributed by atoms with Gasteiger partial charge in [-0.3, -0.25) is 0 Å². The molecule has 6 heteroatoms. The number of nitrogens with two attached hydrogens (primary N) is 1. The van der Waals surface area contributed by atoms with Crippen LogP contribution in [0.4, 0.5) is 0 Å². The van der Waals surface area contributed by atoms with E-state index in [0.717, 1.165) is 28.8 Å². The second kappa shape index (κ2) is 6.77. The number of methoxy groups -OCH3 is 1. The third-order valence-corrected chi connectivity index (χ3v) is 3.32. The highest BCUT2D eigenvalue weighted by atomic mass is 79.9. The van der Waals surface area contributed by atoms with Crippen molar-refractivity contribution in [1.29, 1.82) is 0 Å². The summed E-state index contributed by atoms with van der Waals surface area (Å²) >= 11 is 3.51. The summed E-state index contributed by atoms with van der Waals surface area (Å²) in [6, 6.07) is 4.12. The third kappa shape index (κ3) is 3.84. The largest absolute Gasteiger partial charge is 0.493 e. The Hall–Kier alpha value is -1.27. The van der Waals surface area contributed by atoms with E-state index in [4.69, 9.17) is 15.2 Å². The van der Waals surface area contributed by atoms with Crippen molar-refractivity contribution >= 4 is 21.9 Å². The van der Waals surface area contributed by atoms with Crippen LogP contribution in [0.2, 0.25) is 0 Å². The number of rotatable bonds is 5. The Labute approximate surface area is 121 Å². The van der Waals surface area contributed by atoms with E-state index in [0.29, 0.717) is 25.7 Å². The van der Waals surface area contributed by atoms with Crippen LogP contribution in [0.1, 0.15) is 11.1 Å². The van der Waals surface area contributed by atoms with Crippen LogP contribution >= 0.6 is 15.9 Å². The lowest BCUT2D eigenvalue weighted by molar-refractivity contribution is 0.204. The topological polar surface area (TPSA) is 68.9 Å². The Morgan fingerprint density at radius 2 is 2.42 bits per heavy atom.